The van der Waals surface area contributed by atoms with Gasteiger partial charge in [-0.05, 0) is 36.9 Å². The molecule has 0 bridgehead atoms. The first-order valence-electron chi connectivity index (χ1n) is 8.05. The highest BCUT2D eigenvalue weighted by molar-refractivity contribution is 5.90. The molecular weight excluding hydrogens is 300 g/mol. The highest BCUT2D eigenvalue weighted by Crippen LogP contribution is 2.25. The third-order valence-electron chi connectivity index (χ3n) is 3.74. The van der Waals surface area contributed by atoms with E-state index < -0.39 is 0 Å². The molecule has 0 saturated carbocycles. The number of rotatable bonds is 6. The molecule has 24 heavy (non-hydrogen) atoms. The Bertz CT molecular complexity index is 840. The summed E-state index contributed by atoms with van der Waals surface area (Å²) >= 11 is 0. The lowest BCUT2D eigenvalue weighted by Gasteiger charge is -2.09. The van der Waals surface area contributed by atoms with Gasteiger partial charge in [0.1, 0.15) is 5.75 Å². The number of nitrogens with one attached hydrogen (secondary N) is 1. The number of fused-ring (bicyclic) bond motifs is 1. The lowest BCUT2D eigenvalue weighted by molar-refractivity contribution is -0.116. The van der Waals surface area contributed by atoms with Gasteiger partial charge >= 0.3 is 0 Å². The maximum atomic E-state index is 12.0. The third-order valence-corrected chi connectivity index (χ3v) is 3.74. The Morgan fingerprint density at radius 1 is 1.12 bits per heavy atom. The molecule has 2 aromatic carbocycles. The van der Waals surface area contributed by atoms with Crippen LogP contribution in [0.5, 0.6) is 5.75 Å². The number of benzene rings is 2. The number of nitrogens with zero attached hydrogens (tertiary/aromatic N) is 1. The molecule has 4 nitrogen and oxygen atoms in total. The van der Waals surface area contributed by atoms with Crippen molar-refractivity contribution in [3.63, 3.8) is 0 Å². The molecule has 0 saturated heterocycles. The Morgan fingerprint density at radius 3 is 2.83 bits per heavy atom. The molecule has 0 unspecified atom stereocenters. The normalized spacial score (nSPS) is 10.5. The van der Waals surface area contributed by atoms with E-state index in [1.54, 1.807) is 12.3 Å². The Balaban J connectivity index is 1.49. The fraction of sp³-hybridized carbons (Fsp3) is 0.200. The zero-order valence-corrected chi connectivity index (χ0v) is 13.7. The van der Waals surface area contributed by atoms with Gasteiger partial charge in [-0.25, -0.2) is 0 Å². The fourth-order valence-corrected chi connectivity index (χ4v) is 2.58. The van der Waals surface area contributed by atoms with Gasteiger partial charge in [0.2, 0.25) is 5.91 Å². The molecule has 0 radical (unpaired) electrons. The average Bonchev–Trinajstić information content (AvgIpc) is 2.59. The molecule has 1 N–H and O–H groups in total. The number of ether oxygens (including phenoxy) is 1. The molecule has 1 aromatic heterocycles. The average molecular weight is 320 g/mol. The van der Waals surface area contributed by atoms with Crippen LogP contribution < -0.4 is 10.1 Å². The van der Waals surface area contributed by atoms with E-state index in [0.29, 0.717) is 19.4 Å². The molecular formula is C20H20N2O2. The Hall–Kier alpha value is -2.88. The quantitative estimate of drug-likeness (QED) is 0.687. The number of pyridine rings is 1. The minimum absolute atomic E-state index is 0.0119. The second-order valence-electron chi connectivity index (χ2n) is 5.66. The number of amides is 1. The van der Waals surface area contributed by atoms with Crippen LogP contribution in [0.2, 0.25) is 0 Å². The topological polar surface area (TPSA) is 51.2 Å². The molecule has 1 heterocycles. The van der Waals surface area contributed by atoms with Crippen LogP contribution in [0.15, 0.2) is 60.8 Å². The van der Waals surface area contributed by atoms with Crippen molar-refractivity contribution in [1.29, 1.82) is 0 Å². The lowest BCUT2D eigenvalue weighted by atomic mass is 10.1. The monoisotopic (exact) mass is 320 g/mol. The number of hydrogen-bond acceptors (Lipinski definition) is 3. The summed E-state index contributed by atoms with van der Waals surface area (Å²) in [6, 6.07) is 17.8. The van der Waals surface area contributed by atoms with E-state index in [1.165, 1.54) is 0 Å². The molecule has 0 atom stereocenters. The molecule has 0 aliphatic heterocycles. The number of aryl methyl sites for hydroxylation is 1. The van der Waals surface area contributed by atoms with Crippen molar-refractivity contribution in [1.82, 2.24) is 4.98 Å². The van der Waals surface area contributed by atoms with E-state index in [1.807, 2.05) is 43.3 Å². The number of aromatic nitrogens is 1. The maximum absolute atomic E-state index is 12.0. The molecule has 122 valence electrons. The summed E-state index contributed by atoms with van der Waals surface area (Å²) in [5, 5.41) is 5.12. The van der Waals surface area contributed by atoms with E-state index in [2.05, 4.69) is 22.4 Å². The number of carbonyl (C=O) groups excluding carboxylic acids is 1. The predicted octanol–water partition coefficient (Wildman–Crippen LogP) is 4.34. The zero-order valence-electron chi connectivity index (χ0n) is 13.7. The number of carbonyl (C=O) groups is 1. The van der Waals surface area contributed by atoms with Crippen LogP contribution in [-0.4, -0.2) is 17.5 Å². The maximum Gasteiger partial charge on any atom is 0.224 e. The van der Waals surface area contributed by atoms with Gasteiger partial charge in [-0.1, -0.05) is 36.4 Å². The Labute approximate surface area is 141 Å². The van der Waals surface area contributed by atoms with Crippen molar-refractivity contribution in [2.24, 2.45) is 0 Å². The summed E-state index contributed by atoms with van der Waals surface area (Å²) in [4.78, 5) is 16.1. The Morgan fingerprint density at radius 2 is 1.96 bits per heavy atom. The summed E-state index contributed by atoms with van der Waals surface area (Å²) in [6.45, 7) is 2.41. The van der Waals surface area contributed by atoms with Crippen LogP contribution in [0, 0.1) is 6.92 Å². The molecule has 0 fully saturated rings. The van der Waals surface area contributed by atoms with E-state index in [0.717, 1.165) is 27.9 Å². The summed E-state index contributed by atoms with van der Waals surface area (Å²) in [5.74, 6) is 0.848. The molecule has 0 aliphatic rings. The van der Waals surface area contributed by atoms with Crippen molar-refractivity contribution in [2.75, 3.05) is 11.9 Å². The van der Waals surface area contributed by atoms with Crippen molar-refractivity contribution in [3.8, 4) is 5.75 Å². The van der Waals surface area contributed by atoms with Crippen LogP contribution in [0.3, 0.4) is 0 Å². The smallest absolute Gasteiger partial charge is 0.224 e. The van der Waals surface area contributed by atoms with Crippen LogP contribution in [0.4, 0.5) is 5.69 Å². The van der Waals surface area contributed by atoms with E-state index in [-0.39, 0.29) is 5.91 Å². The number of hydrogen-bond donors (Lipinski definition) is 1. The van der Waals surface area contributed by atoms with Gasteiger partial charge in [-0.15, -0.1) is 0 Å². The van der Waals surface area contributed by atoms with E-state index in [9.17, 15) is 4.79 Å². The van der Waals surface area contributed by atoms with E-state index in [4.69, 9.17) is 4.74 Å². The Kier molecular flexibility index (Phi) is 5.06. The minimum Gasteiger partial charge on any atom is -0.493 e. The van der Waals surface area contributed by atoms with Gasteiger partial charge in [0, 0.05) is 29.4 Å². The van der Waals surface area contributed by atoms with Gasteiger partial charge in [0.05, 0.1) is 6.61 Å². The lowest BCUT2D eigenvalue weighted by Crippen LogP contribution is -2.13. The first kappa shape index (κ1) is 16.0. The van der Waals surface area contributed by atoms with Gasteiger partial charge in [-0.2, -0.15) is 0 Å². The SMILES string of the molecule is Cc1cc(NC(=O)CCCOc2cccc3ccccc23)ccn1. The third kappa shape index (κ3) is 4.10. The van der Waals surface area contributed by atoms with E-state index >= 15 is 0 Å². The first-order valence-corrected chi connectivity index (χ1v) is 8.05. The molecule has 3 aromatic rings. The predicted molar refractivity (Wildman–Crippen MR) is 96.3 cm³/mol. The molecule has 4 heteroatoms. The summed E-state index contributed by atoms with van der Waals surface area (Å²) in [7, 11) is 0. The van der Waals surface area contributed by atoms with Crippen molar-refractivity contribution in [2.45, 2.75) is 19.8 Å². The van der Waals surface area contributed by atoms with Crippen LogP contribution in [0.1, 0.15) is 18.5 Å². The van der Waals surface area contributed by atoms with Crippen LogP contribution in [-0.2, 0) is 4.79 Å². The van der Waals surface area contributed by atoms with Gasteiger partial charge in [-0.3, -0.25) is 9.78 Å². The fourth-order valence-electron chi connectivity index (χ4n) is 2.58. The standard InChI is InChI=1S/C20H20N2O2/c1-15-14-17(11-12-21-15)22-20(23)10-5-13-24-19-9-4-7-16-6-2-3-8-18(16)19/h2-4,6-9,11-12,14H,5,10,13H2,1H3,(H,21,22,23). The number of anilines is 1. The summed E-state index contributed by atoms with van der Waals surface area (Å²) < 4.78 is 5.85. The zero-order chi connectivity index (χ0) is 16.8. The molecule has 3 rings (SSSR count). The highest BCUT2D eigenvalue weighted by Gasteiger charge is 2.04. The summed E-state index contributed by atoms with van der Waals surface area (Å²) in [5.41, 5.74) is 1.66. The minimum atomic E-state index is -0.0119. The van der Waals surface area contributed by atoms with Gasteiger partial charge in [0.25, 0.3) is 0 Å². The first-order chi connectivity index (χ1) is 11.7. The summed E-state index contributed by atoms with van der Waals surface area (Å²) in [6.07, 6.45) is 2.78. The highest BCUT2D eigenvalue weighted by atomic mass is 16.5. The van der Waals surface area contributed by atoms with Crippen molar-refractivity contribution in [3.05, 3.63) is 66.5 Å². The molecule has 1 amide bonds. The van der Waals surface area contributed by atoms with Crippen molar-refractivity contribution >= 4 is 22.4 Å². The van der Waals surface area contributed by atoms with Crippen molar-refractivity contribution < 1.29 is 9.53 Å². The second-order valence-corrected chi connectivity index (χ2v) is 5.66. The second kappa shape index (κ2) is 7.59. The molecule has 0 aliphatic carbocycles. The largest absolute Gasteiger partial charge is 0.493 e. The van der Waals surface area contributed by atoms with Gasteiger partial charge in [0.15, 0.2) is 0 Å². The van der Waals surface area contributed by atoms with Crippen LogP contribution in [0.25, 0.3) is 10.8 Å². The van der Waals surface area contributed by atoms with Crippen LogP contribution >= 0.6 is 0 Å². The molecule has 0 spiro atoms. The van der Waals surface area contributed by atoms with Gasteiger partial charge < -0.3 is 10.1 Å².